The maximum Gasteiger partial charge on any atom is 0.387 e. The van der Waals surface area contributed by atoms with E-state index in [2.05, 4.69) is 4.74 Å². The van der Waals surface area contributed by atoms with Gasteiger partial charge < -0.3 is 14.2 Å². The zero-order valence-electron chi connectivity index (χ0n) is 12.8. The van der Waals surface area contributed by atoms with Gasteiger partial charge in [0.15, 0.2) is 0 Å². The van der Waals surface area contributed by atoms with Crippen LogP contribution in [0.15, 0.2) is 48.5 Å². The van der Waals surface area contributed by atoms with Crippen molar-refractivity contribution in [1.29, 1.82) is 0 Å². The van der Waals surface area contributed by atoms with Crippen molar-refractivity contribution < 1.29 is 27.8 Å². The predicted octanol–water partition coefficient (Wildman–Crippen LogP) is 3.58. The Morgan fingerprint density at radius 3 is 2.67 bits per heavy atom. The van der Waals surface area contributed by atoms with Crippen molar-refractivity contribution >= 4 is 5.97 Å². The second kappa shape index (κ2) is 7.29. The van der Waals surface area contributed by atoms with Gasteiger partial charge >= 0.3 is 12.6 Å². The van der Waals surface area contributed by atoms with Crippen LogP contribution in [-0.2, 0) is 22.6 Å². The maximum atomic E-state index is 12.2. The van der Waals surface area contributed by atoms with Crippen LogP contribution in [0.1, 0.15) is 11.1 Å². The van der Waals surface area contributed by atoms with Gasteiger partial charge in [0.1, 0.15) is 24.7 Å². The molecule has 1 aliphatic rings. The molecule has 1 atom stereocenters. The molecule has 0 aliphatic carbocycles. The topological polar surface area (TPSA) is 44.8 Å². The standard InChI is InChI=1S/C18H16F2O4/c19-18(20)24-15-7-5-12(6-8-15)10-23-17(21)14-9-13-3-1-2-4-16(13)22-11-14/h1-8,14,18H,9-11H2. The summed E-state index contributed by atoms with van der Waals surface area (Å²) < 4.78 is 39.3. The van der Waals surface area contributed by atoms with Crippen molar-refractivity contribution in [2.45, 2.75) is 19.6 Å². The van der Waals surface area contributed by atoms with Crippen LogP contribution in [0.2, 0.25) is 0 Å². The Balaban J connectivity index is 1.53. The molecule has 0 saturated heterocycles. The number of hydrogen-bond acceptors (Lipinski definition) is 4. The molecule has 4 nitrogen and oxygen atoms in total. The number of ether oxygens (including phenoxy) is 3. The summed E-state index contributed by atoms with van der Waals surface area (Å²) in [5.41, 5.74) is 1.68. The molecular formula is C18H16F2O4. The van der Waals surface area contributed by atoms with E-state index in [1.54, 1.807) is 12.1 Å². The number of carbonyl (C=O) groups excluding carboxylic acids is 1. The van der Waals surface area contributed by atoms with Crippen molar-refractivity contribution in [3.8, 4) is 11.5 Å². The fraction of sp³-hybridized carbons (Fsp3) is 0.278. The maximum absolute atomic E-state index is 12.2. The van der Waals surface area contributed by atoms with Crippen molar-refractivity contribution in [3.63, 3.8) is 0 Å². The molecule has 0 bridgehead atoms. The van der Waals surface area contributed by atoms with Gasteiger partial charge in [0.2, 0.25) is 0 Å². The summed E-state index contributed by atoms with van der Waals surface area (Å²) in [6.07, 6.45) is 0.580. The summed E-state index contributed by atoms with van der Waals surface area (Å²) in [6, 6.07) is 13.6. The van der Waals surface area contributed by atoms with Gasteiger partial charge in [-0.2, -0.15) is 8.78 Å². The van der Waals surface area contributed by atoms with Gasteiger partial charge in [-0.15, -0.1) is 0 Å². The zero-order valence-corrected chi connectivity index (χ0v) is 12.8. The number of carbonyl (C=O) groups is 1. The van der Waals surface area contributed by atoms with Crippen LogP contribution in [-0.4, -0.2) is 19.2 Å². The van der Waals surface area contributed by atoms with Gasteiger partial charge in [0.05, 0.1) is 5.92 Å². The Morgan fingerprint density at radius 1 is 1.17 bits per heavy atom. The molecule has 0 amide bonds. The summed E-state index contributed by atoms with van der Waals surface area (Å²) in [5, 5.41) is 0. The number of hydrogen-bond donors (Lipinski definition) is 0. The van der Waals surface area contributed by atoms with Crippen LogP contribution in [0.5, 0.6) is 11.5 Å². The predicted molar refractivity (Wildman–Crippen MR) is 82.0 cm³/mol. The zero-order chi connectivity index (χ0) is 16.9. The fourth-order valence-electron chi connectivity index (χ4n) is 2.52. The highest BCUT2D eigenvalue weighted by Crippen LogP contribution is 2.27. The monoisotopic (exact) mass is 334 g/mol. The first-order chi connectivity index (χ1) is 11.6. The fourth-order valence-corrected chi connectivity index (χ4v) is 2.52. The Bertz CT molecular complexity index is 700. The van der Waals surface area contributed by atoms with Gasteiger partial charge in [-0.05, 0) is 35.7 Å². The van der Waals surface area contributed by atoms with E-state index in [-0.39, 0.29) is 30.9 Å². The minimum absolute atomic E-state index is 0.0670. The average molecular weight is 334 g/mol. The quantitative estimate of drug-likeness (QED) is 0.784. The van der Waals surface area contributed by atoms with Crippen molar-refractivity contribution in [1.82, 2.24) is 0 Å². The van der Waals surface area contributed by atoms with Crippen LogP contribution >= 0.6 is 0 Å². The molecule has 1 aliphatic heterocycles. The molecule has 2 aromatic carbocycles. The highest BCUT2D eigenvalue weighted by molar-refractivity contribution is 5.73. The molecule has 2 aromatic rings. The Kier molecular flexibility index (Phi) is 4.93. The molecule has 6 heteroatoms. The first kappa shape index (κ1) is 16.2. The van der Waals surface area contributed by atoms with Crippen LogP contribution < -0.4 is 9.47 Å². The highest BCUT2D eigenvalue weighted by Gasteiger charge is 2.27. The normalized spacial score (nSPS) is 16.2. The Hall–Kier alpha value is -2.63. The summed E-state index contributed by atoms with van der Waals surface area (Å²) in [4.78, 5) is 12.2. The van der Waals surface area contributed by atoms with Crippen LogP contribution in [0, 0.1) is 5.92 Å². The third-order valence-corrected chi connectivity index (χ3v) is 3.74. The van der Waals surface area contributed by atoms with Gasteiger partial charge in [0.25, 0.3) is 0 Å². The number of alkyl halides is 2. The van der Waals surface area contributed by atoms with E-state index in [0.29, 0.717) is 12.0 Å². The lowest BCUT2D eigenvalue weighted by Gasteiger charge is -2.23. The molecule has 0 spiro atoms. The molecule has 0 fully saturated rings. The Labute approximate surface area is 138 Å². The Morgan fingerprint density at radius 2 is 1.92 bits per heavy atom. The van der Waals surface area contributed by atoms with E-state index in [1.807, 2.05) is 24.3 Å². The lowest BCUT2D eigenvalue weighted by molar-refractivity contribution is -0.151. The molecule has 24 heavy (non-hydrogen) atoms. The van der Waals surface area contributed by atoms with Crippen molar-refractivity contribution in [2.24, 2.45) is 5.92 Å². The highest BCUT2D eigenvalue weighted by atomic mass is 19.3. The summed E-state index contributed by atoms with van der Waals surface area (Å²) in [6.45, 7) is -2.49. The number of esters is 1. The summed E-state index contributed by atoms with van der Waals surface area (Å²) in [7, 11) is 0. The summed E-state index contributed by atoms with van der Waals surface area (Å²) in [5.74, 6) is 0.187. The smallest absolute Gasteiger partial charge is 0.387 e. The average Bonchev–Trinajstić information content (AvgIpc) is 2.60. The number of halogens is 2. The minimum Gasteiger partial charge on any atom is -0.492 e. The summed E-state index contributed by atoms with van der Waals surface area (Å²) >= 11 is 0. The van der Waals surface area contributed by atoms with Gasteiger partial charge in [-0.1, -0.05) is 30.3 Å². The number of rotatable bonds is 5. The molecule has 3 rings (SSSR count). The third-order valence-electron chi connectivity index (χ3n) is 3.74. The second-order valence-corrected chi connectivity index (χ2v) is 5.45. The van der Waals surface area contributed by atoms with E-state index in [4.69, 9.17) is 9.47 Å². The molecule has 0 aromatic heterocycles. The second-order valence-electron chi connectivity index (χ2n) is 5.45. The van der Waals surface area contributed by atoms with E-state index in [0.717, 1.165) is 11.3 Å². The van der Waals surface area contributed by atoms with E-state index < -0.39 is 6.61 Å². The molecule has 0 radical (unpaired) electrons. The van der Waals surface area contributed by atoms with Crippen LogP contribution in [0.3, 0.4) is 0 Å². The van der Waals surface area contributed by atoms with Crippen molar-refractivity contribution in [3.05, 3.63) is 59.7 Å². The van der Waals surface area contributed by atoms with Gasteiger partial charge in [-0.3, -0.25) is 4.79 Å². The largest absolute Gasteiger partial charge is 0.492 e. The molecule has 1 heterocycles. The van der Waals surface area contributed by atoms with Gasteiger partial charge in [-0.25, -0.2) is 0 Å². The molecule has 126 valence electrons. The lowest BCUT2D eigenvalue weighted by Crippen LogP contribution is -2.29. The SMILES string of the molecule is O=C(OCc1ccc(OC(F)F)cc1)C1COc2ccccc2C1. The van der Waals surface area contributed by atoms with Crippen LogP contribution in [0.4, 0.5) is 8.78 Å². The van der Waals surface area contributed by atoms with E-state index >= 15 is 0 Å². The van der Waals surface area contributed by atoms with Crippen molar-refractivity contribution in [2.75, 3.05) is 6.61 Å². The van der Waals surface area contributed by atoms with E-state index in [1.165, 1.54) is 12.1 Å². The lowest BCUT2D eigenvalue weighted by atomic mass is 9.97. The molecule has 1 unspecified atom stereocenters. The molecular weight excluding hydrogens is 318 g/mol. The van der Waals surface area contributed by atoms with E-state index in [9.17, 15) is 13.6 Å². The number of fused-ring (bicyclic) bond motifs is 1. The first-order valence-electron chi connectivity index (χ1n) is 7.53. The van der Waals surface area contributed by atoms with Gasteiger partial charge in [0, 0.05) is 0 Å². The first-order valence-corrected chi connectivity index (χ1v) is 7.53. The third kappa shape index (κ3) is 4.01. The van der Waals surface area contributed by atoms with Crippen LogP contribution in [0.25, 0.3) is 0 Å². The number of para-hydroxylation sites is 1. The number of benzene rings is 2. The minimum atomic E-state index is -2.86. The molecule has 0 N–H and O–H groups in total. The molecule has 0 saturated carbocycles.